The molecule has 4 aromatic rings. The zero-order chi connectivity index (χ0) is 24.0. The summed E-state index contributed by atoms with van der Waals surface area (Å²) in [6.07, 6.45) is 1.59. The lowest BCUT2D eigenvalue weighted by molar-refractivity contribution is 0.251. The van der Waals surface area contributed by atoms with Gasteiger partial charge in [-0.3, -0.25) is 4.72 Å². The van der Waals surface area contributed by atoms with E-state index in [0.717, 1.165) is 11.1 Å². The van der Waals surface area contributed by atoms with Gasteiger partial charge >= 0.3 is 6.03 Å². The van der Waals surface area contributed by atoms with Crippen LogP contribution >= 0.6 is 0 Å². The van der Waals surface area contributed by atoms with Crippen LogP contribution in [0.1, 0.15) is 5.56 Å². The average Bonchev–Trinajstić information content (AvgIpc) is 2.85. The van der Waals surface area contributed by atoms with Gasteiger partial charge in [0.15, 0.2) is 0 Å². The van der Waals surface area contributed by atoms with Gasteiger partial charge in [-0.2, -0.15) is 0 Å². The van der Waals surface area contributed by atoms with Gasteiger partial charge in [-0.25, -0.2) is 18.2 Å². The number of hydrogen-bond donors (Lipinski definition) is 4. The largest absolute Gasteiger partial charge is 0.384 e. The predicted molar refractivity (Wildman–Crippen MR) is 134 cm³/mol. The molecule has 5 N–H and O–H groups in total. The van der Waals surface area contributed by atoms with E-state index in [9.17, 15) is 13.2 Å². The molecule has 0 saturated carbocycles. The van der Waals surface area contributed by atoms with Crippen LogP contribution in [0.5, 0.6) is 0 Å². The summed E-state index contributed by atoms with van der Waals surface area (Å²) in [5.74, 6) is 0.410. The summed E-state index contributed by atoms with van der Waals surface area (Å²) < 4.78 is 28.8. The lowest BCUT2D eigenvalue weighted by Crippen LogP contribution is -2.28. The Morgan fingerprint density at radius 2 is 1.50 bits per heavy atom. The van der Waals surface area contributed by atoms with Crippen molar-refractivity contribution >= 4 is 33.2 Å². The maximum absolute atomic E-state index is 13.1. The molecule has 0 aliphatic heterocycles. The number of nitrogens with one attached hydrogen (secondary N) is 3. The molecule has 1 aromatic heterocycles. The summed E-state index contributed by atoms with van der Waals surface area (Å²) in [7, 11) is -3.83. The van der Waals surface area contributed by atoms with Crippen molar-refractivity contribution < 1.29 is 13.2 Å². The van der Waals surface area contributed by atoms with E-state index in [1.807, 2.05) is 30.3 Å². The third-order valence-electron chi connectivity index (χ3n) is 4.96. The molecule has 4 rings (SSSR count). The van der Waals surface area contributed by atoms with E-state index in [2.05, 4.69) is 20.3 Å². The highest BCUT2D eigenvalue weighted by molar-refractivity contribution is 7.92. The number of rotatable bonds is 7. The monoisotopic (exact) mass is 473 g/mol. The molecule has 0 atom stereocenters. The molecule has 0 saturated heterocycles. The molecule has 8 nitrogen and oxygen atoms in total. The van der Waals surface area contributed by atoms with Crippen LogP contribution in [0.3, 0.4) is 0 Å². The van der Waals surface area contributed by atoms with Crippen molar-refractivity contribution in [3.05, 3.63) is 103 Å². The molecule has 0 spiro atoms. The van der Waals surface area contributed by atoms with Crippen molar-refractivity contribution in [3.8, 4) is 11.1 Å². The number of carbonyl (C=O) groups excluding carboxylic acids is 1. The van der Waals surface area contributed by atoms with Crippen LogP contribution in [-0.2, 0) is 16.6 Å². The van der Waals surface area contributed by atoms with Gasteiger partial charge in [-0.05, 0) is 47.5 Å². The van der Waals surface area contributed by atoms with Crippen molar-refractivity contribution in [1.29, 1.82) is 0 Å². The third-order valence-corrected chi connectivity index (χ3v) is 6.40. The number of nitrogens with zero attached hydrogens (tertiary/aromatic N) is 1. The number of hydrogen-bond acceptors (Lipinski definition) is 5. The molecular weight excluding hydrogens is 450 g/mol. The van der Waals surface area contributed by atoms with E-state index in [1.54, 1.807) is 66.9 Å². The second kappa shape index (κ2) is 10.1. The molecule has 9 heteroatoms. The van der Waals surface area contributed by atoms with Crippen LogP contribution in [0, 0.1) is 0 Å². The summed E-state index contributed by atoms with van der Waals surface area (Å²) in [5, 5.41) is 5.42. The lowest BCUT2D eigenvalue weighted by atomic mass is 10.1. The quantitative estimate of drug-likeness (QED) is 0.315. The van der Waals surface area contributed by atoms with E-state index < -0.39 is 16.1 Å². The Labute approximate surface area is 197 Å². The van der Waals surface area contributed by atoms with Gasteiger partial charge in [-0.1, -0.05) is 54.6 Å². The molecule has 0 unspecified atom stereocenters. The Kier molecular flexibility index (Phi) is 6.74. The lowest BCUT2D eigenvalue weighted by Gasteiger charge is -2.13. The van der Waals surface area contributed by atoms with E-state index >= 15 is 0 Å². The second-order valence-corrected chi connectivity index (χ2v) is 9.09. The zero-order valence-corrected chi connectivity index (χ0v) is 18.9. The molecule has 34 heavy (non-hydrogen) atoms. The van der Waals surface area contributed by atoms with Crippen molar-refractivity contribution in [1.82, 2.24) is 10.3 Å². The zero-order valence-electron chi connectivity index (χ0n) is 18.1. The number of urea groups is 1. The van der Waals surface area contributed by atoms with E-state index in [-0.39, 0.29) is 11.4 Å². The summed E-state index contributed by atoms with van der Waals surface area (Å²) in [5.41, 5.74) is 8.67. The number of nitrogens with two attached hydrogens (primary N) is 1. The van der Waals surface area contributed by atoms with E-state index in [0.29, 0.717) is 22.8 Å². The summed E-state index contributed by atoms with van der Waals surface area (Å²) in [4.78, 5) is 16.3. The first-order valence-electron chi connectivity index (χ1n) is 10.4. The van der Waals surface area contributed by atoms with Crippen LogP contribution in [0.4, 0.5) is 22.0 Å². The van der Waals surface area contributed by atoms with Crippen LogP contribution < -0.4 is 21.1 Å². The molecule has 172 valence electrons. The molecule has 0 bridgehead atoms. The molecule has 0 radical (unpaired) electrons. The van der Waals surface area contributed by atoms with Crippen molar-refractivity contribution in [2.75, 3.05) is 15.8 Å². The Morgan fingerprint density at radius 1 is 0.824 bits per heavy atom. The van der Waals surface area contributed by atoms with E-state index in [4.69, 9.17) is 5.73 Å². The smallest absolute Gasteiger partial charge is 0.319 e. The highest BCUT2D eigenvalue weighted by atomic mass is 32.2. The number of benzene rings is 3. The first kappa shape index (κ1) is 22.8. The minimum atomic E-state index is -3.83. The van der Waals surface area contributed by atoms with Crippen molar-refractivity contribution in [2.24, 2.45) is 0 Å². The fourth-order valence-corrected chi connectivity index (χ4v) is 4.58. The number of carbonyl (C=O) groups is 1. The van der Waals surface area contributed by atoms with Gasteiger partial charge in [0.25, 0.3) is 10.0 Å². The molecule has 3 aromatic carbocycles. The Bertz CT molecular complexity index is 1370. The maximum Gasteiger partial charge on any atom is 0.319 e. The van der Waals surface area contributed by atoms with Gasteiger partial charge in [0, 0.05) is 29.7 Å². The number of amides is 2. The van der Waals surface area contributed by atoms with Gasteiger partial charge in [0.05, 0.1) is 4.90 Å². The number of nitrogen functional groups attached to an aromatic ring is 1. The fourth-order valence-electron chi connectivity index (χ4n) is 3.29. The predicted octanol–water partition coefficient (Wildman–Crippen LogP) is 4.45. The van der Waals surface area contributed by atoms with Crippen molar-refractivity contribution in [2.45, 2.75) is 11.4 Å². The number of sulfonamides is 1. The fraction of sp³-hybridized carbons (Fsp3) is 0.0400. The Hall–Kier alpha value is -4.37. The molecule has 0 fully saturated rings. The summed E-state index contributed by atoms with van der Waals surface area (Å²) >= 11 is 0. The second-order valence-electron chi connectivity index (χ2n) is 7.44. The maximum atomic E-state index is 13.1. The van der Waals surface area contributed by atoms with E-state index in [1.165, 1.54) is 0 Å². The van der Waals surface area contributed by atoms with Gasteiger partial charge in [0.1, 0.15) is 5.82 Å². The Balaban J connectivity index is 1.41. The first-order valence-corrected chi connectivity index (χ1v) is 11.9. The molecule has 0 aliphatic carbocycles. The van der Waals surface area contributed by atoms with Gasteiger partial charge in [0.2, 0.25) is 0 Å². The number of aromatic nitrogens is 1. The standard InChI is InChI=1S/C25H23N5O3S/c26-24-15-10-18(16-27-24)17-28-25(31)29-20-11-13-21(14-12-20)30-34(32,33)23-9-5-4-8-22(23)19-6-2-1-3-7-19/h1-16,30H,17H2,(H2,26,27)(H2,28,29,31). The Morgan fingerprint density at radius 3 is 2.21 bits per heavy atom. The molecular formula is C25H23N5O3S. The molecule has 1 heterocycles. The van der Waals surface area contributed by atoms with Crippen LogP contribution in [0.25, 0.3) is 11.1 Å². The molecule has 2 amide bonds. The average molecular weight is 474 g/mol. The highest BCUT2D eigenvalue weighted by Gasteiger charge is 2.19. The normalized spacial score (nSPS) is 10.9. The highest BCUT2D eigenvalue weighted by Crippen LogP contribution is 2.28. The van der Waals surface area contributed by atoms with Crippen LogP contribution in [-0.4, -0.2) is 19.4 Å². The summed E-state index contributed by atoms with van der Waals surface area (Å²) in [6.45, 7) is 0.290. The number of anilines is 3. The van der Waals surface area contributed by atoms with Crippen LogP contribution in [0.2, 0.25) is 0 Å². The van der Waals surface area contributed by atoms with Gasteiger partial charge in [-0.15, -0.1) is 0 Å². The summed E-state index contributed by atoms with van der Waals surface area (Å²) in [6, 6.07) is 25.6. The topological polar surface area (TPSA) is 126 Å². The SMILES string of the molecule is Nc1ccc(CNC(=O)Nc2ccc(NS(=O)(=O)c3ccccc3-c3ccccc3)cc2)cn1. The minimum absolute atomic E-state index is 0.180. The first-order chi connectivity index (χ1) is 16.4. The molecule has 0 aliphatic rings. The van der Waals surface area contributed by atoms with Crippen LogP contribution in [0.15, 0.2) is 102 Å². The minimum Gasteiger partial charge on any atom is -0.384 e. The van der Waals surface area contributed by atoms with Gasteiger partial charge < -0.3 is 16.4 Å². The number of pyridine rings is 1. The van der Waals surface area contributed by atoms with Crippen molar-refractivity contribution in [3.63, 3.8) is 0 Å². The third kappa shape index (κ3) is 5.70.